The number of carbonyl (C=O) groups excluding carboxylic acids is 1. The molecule has 0 unspecified atom stereocenters. The summed E-state index contributed by atoms with van der Waals surface area (Å²) in [5, 5.41) is 3.29. The molecule has 1 amide bonds. The van der Waals surface area contributed by atoms with Crippen LogP contribution in [-0.4, -0.2) is 5.91 Å². The van der Waals surface area contributed by atoms with Crippen LogP contribution in [0.2, 0.25) is 0 Å². The van der Waals surface area contributed by atoms with Gasteiger partial charge in [0.1, 0.15) is 11.3 Å². The normalized spacial score (nSPS) is 12.2. The maximum atomic E-state index is 12.7. The van der Waals surface area contributed by atoms with Gasteiger partial charge in [-0.3, -0.25) is 9.59 Å². The lowest BCUT2D eigenvalue weighted by Gasteiger charge is -2.19. The number of nitrogens with one attached hydrogen (secondary N) is 1. The SMILES string of the molecule is CC(C)(C)C(=O)Nc1ccc2oc(-c3ccc(C(C)(C)C)cc3)cc(=O)c2c1. The third-order valence-electron chi connectivity index (χ3n) is 4.70. The number of benzene rings is 2. The molecular formula is C24H27NO3. The summed E-state index contributed by atoms with van der Waals surface area (Å²) in [5.74, 6) is 0.427. The maximum Gasteiger partial charge on any atom is 0.229 e. The molecule has 0 saturated heterocycles. The number of anilines is 1. The Labute approximate surface area is 165 Å². The summed E-state index contributed by atoms with van der Waals surface area (Å²) in [6.45, 7) is 12.0. The van der Waals surface area contributed by atoms with Crippen molar-refractivity contribution in [2.24, 2.45) is 5.41 Å². The minimum atomic E-state index is -0.511. The molecule has 3 rings (SSSR count). The summed E-state index contributed by atoms with van der Waals surface area (Å²) >= 11 is 0. The van der Waals surface area contributed by atoms with Gasteiger partial charge in [-0.1, -0.05) is 65.8 Å². The second-order valence-electron chi connectivity index (χ2n) is 9.22. The highest BCUT2D eigenvalue weighted by molar-refractivity contribution is 5.96. The second kappa shape index (κ2) is 6.93. The van der Waals surface area contributed by atoms with Crippen LogP contribution in [0.1, 0.15) is 47.1 Å². The van der Waals surface area contributed by atoms with Crippen molar-refractivity contribution < 1.29 is 9.21 Å². The van der Waals surface area contributed by atoms with Gasteiger partial charge in [0.25, 0.3) is 0 Å². The van der Waals surface area contributed by atoms with E-state index in [0.29, 0.717) is 22.4 Å². The molecule has 0 fully saturated rings. The maximum absolute atomic E-state index is 12.7. The average molecular weight is 377 g/mol. The van der Waals surface area contributed by atoms with Crippen LogP contribution >= 0.6 is 0 Å². The van der Waals surface area contributed by atoms with Crippen molar-refractivity contribution >= 4 is 22.6 Å². The zero-order valence-corrected chi connectivity index (χ0v) is 17.3. The van der Waals surface area contributed by atoms with Crippen molar-refractivity contribution in [2.75, 3.05) is 5.32 Å². The van der Waals surface area contributed by atoms with Crippen LogP contribution in [0.3, 0.4) is 0 Å². The molecule has 0 bridgehead atoms. The van der Waals surface area contributed by atoms with Gasteiger partial charge < -0.3 is 9.73 Å². The molecule has 4 nitrogen and oxygen atoms in total. The first kappa shape index (κ1) is 19.9. The van der Waals surface area contributed by atoms with Gasteiger partial charge in [0.2, 0.25) is 5.91 Å². The minimum absolute atomic E-state index is 0.0661. The monoisotopic (exact) mass is 377 g/mol. The van der Waals surface area contributed by atoms with Crippen LogP contribution in [0.4, 0.5) is 5.69 Å². The molecule has 0 saturated carbocycles. The standard InChI is InChI=1S/C24H27NO3/c1-23(2,3)16-9-7-15(8-10-16)21-14-19(26)18-13-17(11-12-20(18)28-21)25-22(27)24(4,5)6/h7-14H,1-6H3,(H,25,27). The highest BCUT2D eigenvalue weighted by Gasteiger charge is 2.21. The summed E-state index contributed by atoms with van der Waals surface area (Å²) < 4.78 is 5.97. The molecular weight excluding hydrogens is 350 g/mol. The lowest BCUT2D eigenvalue weighted by atomic mass is 9.86. The molecule has 146 valence electrons. The highest BCUT2D eigenvalue weighted by atomic mass is 16.3. The zero-order valence-electron chi connectivity index (χ0n) is 17.3. The fourth-order valence-corrected chi connectivity index (χ4v) is 2.83. The van der Waals surface area contributed by atoms with E-state index in [-0.39, 0.29) is 16.8 Å². The number of rotatable bonds is 2. The van der Waals surface area contributed by atoms with Crippen molar-refractivity contribution in [1.29, 1.82) is 0 Å². The lowest BCUT2D eigenvalue weighted by Crippen LogP contribution is -2.27. The molecule has 4 heteroatoms. The molecule has 2 aromatic carbocycles. The fraction of sp³-hybridized carbons (Fsp3) is 0.333. The third kappa shape index (κ3) is 4.16. The van der Waals surface area contributed by atoms with Gasteiger partial charge >= 0.3 is 0 Å². The predicted molar refractivity (Wildman–Crippen MR) is 115 cm³/mol. The molecule has 3 aromatic rings. The second-order valence-corrected chi connectivity index (χ2v) is 9.22. The summed E-state index contributed by atoms with van der Waals surface area (Å²) in [4.78, 5) is 24.8. The summed E-state index contributed by atoms with van der Waals surface area (Å²) in [6, 6.07) is 14.7. The van der Waals surface area contributed by atoms with Crippen LogP contribution < -0.4 is 10.7 Å². The smallest absolute Gasteiger partial charge is 0.229 e. The van der Waals surface area contributed by atoms with Gasteiger partial charge in [0.05, 0.1) is 5.39 Å². The Bertz CT molecular complexity index is 1080. The first-order chi connectivity index (χ1) is 12.9. The van der Waals surface area contributed by atoms with E-state index in [1.807, 2.05) is 32.9 Å². The Morgan fingerprint density at radius 3 is 2.11 bits per heavy atom. The Morgan fingerprint density at radius 2 is 1.54 bits per heavy atom. The van der Waals surface area contributed by atoms with Crippen molar-refractivity contribution in [3.8, 4) is 11.3 Å². The lowest BCUT2D eigenvalue weighted by molar-refractivity contribution is -0.123. The molecule has 1 N–H and O–H groups in total. The number of fused-ring (bicyclic) bond motifs is 1. The van der Waals surface area contributed by atoms with Gasteiger partial charge in [0.15, 0.2) is 5.43 Å². The summed E-state index contributed by atoms with van der Waals surface area (Å²) in [7, 11) is 0. The van der Waals surface area contributed by atoms with Crippen LogP contribution in [0.5, 0.6) is 0 Å². The Kier molecular flexibility index (Phi) is 4.92. The number of carbonyl (C=O) groups is 1. The first-order valence-corrected chi connectivity index (χ1v) is 9.45. The van der Waals surface area contributed by atoms with Crippen molar-refractivity contribution in [1.82, 2.24) is 0 Å². The van der Waals surface area contributed by atoms with Gasteiger partial charge in [-0.15, -0.1) is 0 Å². The first-order valence-electron chi connectivity index (χ1n) is 9.45. The van der Waals surface area contributed by atoms with Crippen LogP contribution in [0, 0.1) is 5.41 Å². The number of amides is 1. The van der Waals surface area contributed by atoms with Gasteiger partial charge in [-0.2, -0.15) is 0 Å². The molecule has 0 aliphatic rings. The topological polar surface area (TPSA) is 59.3 Å². The third-order valence-corrected chi connectivity index (χ3v) is 4.70. The van der Waals surface area contributed by atoms with E-state index in [1.54, 1.807) is 18.2 Å². The highest BCUT2D eigenvalue weighted by Crippen LogP contribution is 2.28. The number of hydrogen-bond acceptors (Lipinski definition) is 3. The van der Waals surface area contributed by atoms with E-state index in [0.717, 1.165) is 5.56 Å². The molecule has 1 aromatic heterocycles. The fourth-order valence-electron chi connectivity index (χ4n) is 2.83. The molecule has 0 radical (unpaired) electrons. The van der Waals surface area contributed by atoms with Gasteiger partial charge in [-0.05, 0) is 29.2 Å². The minimum Gasteiger partial charge on any atom is -0.456 e. The molecule has 28 heavy (non-hydrogen) atoms. The average Bonchev–Trinajstić information content (AvgIpc) is 2.60. The summed E-state index contributed by atoms with van der Waals surface area (Å²) in [5.41, 5.74) is 2.58. The Hall–Kier alpha value is -2.88. The molecule has 0 aliphatic heterocycles. The van der Waals surface area contributed by atoms with Gasteiger partial charge in [-0.25, -0.2) is 0 Å². The number of hydrogen-bond donors (Lipinski definition) is 1. The Balaban J connectivity index is 1.97. The quantitative estimate of drug-likeness (QED) is 0.619. The zero-order chi connectivity index (χ0) is 20.7. The van der Waals surface area contributed by atoms with Crippen molar-refractivity contribution in [2.45, 2.75) is 47.0 Å². The predicted octanol–water partition coefficient (Wildman–Crippen LogP) is 5.74. The van der Waals surface area contributed by atoms with E-state index in [1.165, 1.54) is 11.6 Å². The molecule has 0 aliphatic carbocycles. The van der Waals surface area contributed by atoms with Crippen LogP contribution in [-0.2, 0) is 10.2 Å². The van der Waals surface area contributed by atoms with E-state index in [4.69, 9.17) is 4.42 Å². The van der Waals surface area contributed by atoms with Crippen molar-refractivity contribution in [3.05, 3.63) is 64.3 Å². The van der Waals surface area contributed by atoms with Gasteiger partial charge in [0, 0.05) is 22.7 Å². The molecule has 1 heterocycles. The van der Waals surface area contributed by atoms with Crippen LogP contribution in [0.15, 0.2) is 57.7 Å². The Morgan fingerprint density at radius 1 is 0.893 bits per heavy atom. The van der Waals surface area contributed by atoms with Crippen molar-refractivity contribution in [3.63, 3.8) is 0 Å². The molecule has 0 spiro atoms. The van der Waals surface area contributed by atoms with E-state index >= 15 is 0 Å². The van der Waals surface area contributed by atoms with Crippen LogP contribution in [0.25, 0.3) is 22.3 Å². The summed E-state index contributed by atoms with van der Waals surface area (Å²) in [6.07, 6.45) is 0. The largest absolute Gasteiger partial charge is 0.456 e. The van der Waals surface area contributed by atoms with E-state index in [2.05, 4.69) is 38.2 Å². The van der Waals surface area contributed by atoms with E-state index < -0.39 is 5.41 Å². The van der Waals surface area contributed by atoms with E-state index in [9.17, 15) is 9.59 Å². The molecule has 0 atom stereocenters.